The van der Waals surface area contributed by atoms with E-state index in [1.54, 1.807) is 25.3 Å². The molecule has 1 aliphatic rings. The number of hydrogen-bond acceptors (Lipinski definition) is 4. The SMILES string of the molecule is COc1cc(N)ccc1NC(=O)CCSCC1CCCC1. The highest BCUT2D eigenvalue weighted by Crippen LogP contribution is 2.29. The number of benzene rings is 1. The van der Waals surface area contributed by atoms with Crippen LogP contribution in [0.4, 0.5) is 11.4 Å². The summed E-state index contributed by atoms with van der Waals surface area (Å²) < 4.78 is 5.22. The lowest BCUT2D eigenvalue weighted by Crippen LogP contribution is -2.13. The molecule has 3 N–H and O–H groups in total. The summed E-state index contributed by atoms with van der Waals surface area (Å²) in [7, 11) is 1.57. The minimum atomic E-state index is 0.0250. The fourth-order valence-electron chi connectivity index (χ4n) is 2.62. The van der Waals surface area contributed by atoms with Crippen LogP contribution in [0.1, 0.15) is 32.1 Å². The summed E-state index contributed by atoms with van der Waals surface area (Å²) in [6, 6.07) is 5.25. The zero-order chi connectivity index (χ0) is 15.1. The summed E-state index contributed by atoms with van der Waals surface area (Å²) in [6.45, 7) is 0. The van der Waals surface area contributed by atoms with E-state index in [9.17, 15) is 4.79 Å². The minimum absolute atomic E-state index is 0.0250. The van der Waals surface area contributed by atoms with Crippen molar-refractivity contribution in [3.63, 3.8) is 0 Å². The van der Waals surface area contributed by atoms with Crippen LogP contribution in [0.25, 0.3) is 0 Å². The van der Waals surface area contributed by atoms with Gasteiger partial charge in [0.2, 0.25) is 5.91 Å². The van der Waals surface area contributed by atoms with Gasteiger partial charge in [-0.05, 0) is 36.6 Å². The molecule has 1 fully saturated rings. The van der Waals surface area contributed by atoms with E-state index in [0.717, 1.165) is 11.7 Å². The first-order valence-corrected chi connectivity index (χ1v) is 8.65. The topological polar surface area (TPSA) is 64.3 Å². The molecule has 5 heteroatoms. The number of hydrogen-bond donors (Lipinski definition) is 2. The molecule has 0 spiro atoms. The Morgan fingerprint density at radius 1 is 1.43 bits per heavy atom. The van der Waals surface area contributed by atoms with Crippen LogP contribution in [0.3, 0.4) is 0 Å². The summed E-state index contributed by atoms with van der Waals surface area (Å²) >= 11 is 1.89. The maximum atomic E-state index is 12.0. The first kappa shape index (κ1) is 16.0. The third-order valence-corrected chi connectivity index (χ3v) is 5.00. The van der Waals surface area contributed by atoms with E-state index >= 15 is 0 Å². The van der Waals surface area contributed by atoms with Crippen LogP contribution in [0.15, 0.2) is 18.2 Å². The Hall–Kier alpha value is -1.36. The molecular formula is C16H24N2O2S. The Morgan fingerprint density at radius 3 is 2.90 bits per heavy atom. The first-order chi connectivity index (χ1) is 10.2. The number of carbonyl (C=O) groups excluding carboxylic acids is 1. The van der Waals surface area contributed by atoms with E-state index in [1.807, 2.05) is 11.8 Å². The Labute approximate surface area is 130 Å². The second-order valence-corrected chi connectivity index (χ2v) is 6.63. The maximum Gasteiger partial charge on any atom is 0.225 e. The second kappa shape index (κ2) is 8.17. The van der Waals surface area contributed by atoms with Crippen molar-refractivity contribution in [2.75, 3.05) is 29.7 Å². The van der Waals surface area contributed by atoms with E-state index in [1.165, 1.54) is 31.4 Å². The largest absolute Gasteiger partial charge is 0.494 e. The molecule has 0 radical (unpaired) electrons. The predicted octanol–water partition coefficient (Wildman–Crippen LogP) is 3.53. The first-order valence-electron chi connectivity index (χ1n) is 7.50. The van der Waals surface area contributed by atoms with Crippen molar-refractivity contribution >= 4 is 29.0 Å². The highest BCUT2D eigenvalue weighted by molar-refractivity contribution is 7.99. The maximum absolute atomic E-state index is 12.0. The number of nitrogens with two attached hydrogens (primary N) is 1. The highest BCUT2D eigenvalue weighted by atomic mass is 32.2. The third kappa shape index (κ3) is 5.16. The van der Waals surface area contributed by atoms with Crippen molar-refractivity contribution in [1.29, 1.82) is 0 Å². The van der Waals surface area contributed by atoms with E-state index in [2.05, 4.69) is 5.32 Å². The second-order valence-electron chi connectivity index (χ2n) is 5.48. The molecule has 4 nitrogen and oxygen atoms in total. The molecule has 0 unspecified atom stereocenters. The van der Waals surface area contributed by atoms with Gasteiger partial charge in [-0.15, -0.1) is 0 Å². The fraction of sp³-hybridized carbons (Fsp3) is 0.562. The van der Waals surface area contributed by atoms with Gasteiger partial charge in [-0.1, -0.05) is 12.8 Å². The molecular weight excluding hydrogens is 284 g/mol. The van der Waals surface area contributed by atoms with Crippen molar-refractivity contribution < 1.29 is 9.53 Å². The van der Waals surface area contributed by atoms with E-state index in [4.69, 9.17) is 10.5 Å². The molecule has 0 saturated heterocycles. The summed E-state index contributed by atoms with van der Waals surface area (Å²) in [5.41, 5.74) is 7.00. The molecule has 1 amide bonds. The lowest BCUT2D eigenvalue weighted by molar-refractivity contribution is -0.115. The van der Waals surface area contributed by atoms with Crippen molar-refractivity contribution in [3.05, 3.63) is 18.2 Å². The number of anilines is 2. The molecule has 1 aliphatic carbocycles. The number of carbonyl (C=O) groups is 1. The van der Waals surface area contributed by atoms with Gasteiger partial charge in [0, 0.05) is 23.9 Å². The molecule has 1 saturated carbocycles. The Morgan fingerprint density at radius 2 is 2.19 bits per heavy atom. The molecule has 2 rings (SSSR count). The van der Waals surface area contributed by atoms with Crippen LogP contribution >= 0.6 is 11.8 Å². The molecule has 0 atom stereocenters. The van der Waals surface area contributed by atoms with Gasteiger partial charge in [-0.3, -0.25) is 4.79 Å². The number of rotatable bonds is 7. The molecule has 116 valence electrons. The Balaban J connectivity index is 1.71. The monoisotopic (exact) mass is 308 g/mol. The summed E-state index contributed by atoms with van der Waals surface area (Å²) in [6.07, 6.45) is 6.01. The smallest absolute Gasteiger partial charge is 0.225 e. The lowest BCUT2D eigenvalue weighted by atomic mass is 10.1. The zero-order valence-electron chi connectivity index (χ0n) is 12.6. The fourth-order valence-corrected chi connectivity index (χ4v) is 3.78. The third-order valence-electron chi connectivity index (χ3n) is 3.80. The lowest BCUT2D eigenvalue weighted by Gasteiger charge is -2.11. The van der Waals surface area contributed by atoms with Gasteiger partial charge in [-0.25, -0.2) is 0 Å². The number of thioether (sulfide) groups is 1. The van der Waals surface area contributed by atoms with Gasteiger partial charge in [0.25, 0.3) is 0 Å². The van der Waals surface area contributed by atoms with Gasteiger partial charge in [0.05, 0.1) is 12.8 Å². The Kier molecular flexibility index (Phi) is 6.23. The summed E-state index contributed by atoms with van der Waals surface area (Å²) in [5.74, 6) is 3.56. The van der Waals surface area contributed by atoms with Crippen LogP contribution < -0.4 is 15.8 Å². The quantitative estimate of drug-likeness (QED) is 0.597. The van der Waals surface area contributed by atoms with Crippen molar-refractivity contribution in [2.24, 2.45) is 5.92 Å². The van der Waals surface area contributed by atoms with Gasteiger partial charge in [0.1, 0.15) is 5.75 Å². The van der Waals surface area contributed by atoms with Crippen LogP contribution in [-0.2, 0) is 4.79 Å². The number of ether oxygens (including phenoxy) is 1. The van der Waals surface area contributed by atoms with Crippen molar-refractivity contribution in [3.8, 4) is 5.75 Å². The van der Waals surface area contributed by atoms with Gasteiger partial charge in [-0.2, -0.15) is 11.8 Å². The standard InChI is InChI=1S/C16H24N2O2S/c1-20-15-10-13(17)6-7-14(15)18-16(19)8-9-21-11-12-4-2-3-5-12/h6-7,10,12H,2-5,8-9,11,17H2,1H3,(H,18,19). The molecule has 0 aromatic heterocycles. The van der Waals surface area contributed by atoms with E-state index in [-0.39, 0.29) is 5.91 Å². The van der Waals surface area contributed by atoms with E-state index in [0.29, 0.717) is 23.5 Å². The molecule has 21 heavy (non-hydrogen) atoms. The summed E-state index contributed by atoms with van der Waals surface area (Å²) in [5, 5.41) is 2.88. The average Bonchev–Trinajstić information content (AvgIpc) is 2.99. The average molecular weight is 308 g/mol. The van der Waals surface area contributed by atoms with E-state index < -0.39 is 0 Å². The van der Waals surface area contributed by atoms with Crippen LogP contribution in [0.5, 0.6) is 5.75 Å². The van der Waals surface area contributed by atoms with Crippen molar-refractivity contribution in [2.45, 2.75) is 32.1 Å². The normalized spacial score (nSPS) is 15.1. The van der Waals surface area contributed by atoms with Crippen LogP contribution in [0.2, 0.25) is 0 Å². The predicted molar refractivity (Wildman–Crippen MR) is 89.9 cm³/mol. The summed E-state index contributed by atoms with van der Waals surface area (Å²) in [4.78, 5) is 12.0. The molecule has 0 aliphatic heterocycles. The Bertz CT molecular complexity index is 473. The number of nitrogen functional groups attached to an aromatic ring is 1. The zero-order valence-corrected chi connectivity index (χ0v) is 13.4. The molecule has 0 heterocycles. The molecule has 1 aromatic carbocycles. The van der Waals surface area contributed by atoms with Gasteiger partial charge >= 0.3 is 0 Å². The number of amides is 1. The van der Waals surface area contributed by atoms with Crippen LogP contribution in [-0.4, -0.2) is 24.5 Å². The number of methoxy groups -OCH3 is 1. The minimum Gasteiger partial charge on any atom is -0.494 e. The van der Waals surface area contributed by atoms with Gasteiger partial charge in [0.15, 0.2) is 0 Å². The van der Waals surface area contributed by atoms with Crippen molar-refractivity contribution in [1.82, 2.24) is 0 Å². The highest BCUT2D eigenvalue weighted by Gasteiger charge is 2.15. The number of nitrogens with one attached hydrogen (secondary N) is 1. The molecule has 0 bridgehead atoms. The van der Waals surface area contributed by atoms with Crippen LogP contribution in [0, 0.1) is 5.92 Å². The van der Waals surface area contributed by atoms with Gasteiger partial charge < -0.3 is 15.8 Å². The molecule has 1 aromatic rings.